The van der Waals surface area contributed by atoms with Crippen LogP contribution in [0.25, 0.3) is 0 Å². The number of aliphatic hydroxyl groups is 11. The van der Waals surface area contributed by atoms with Crippen LogP contribution in [0.5, 0.6) is 0 Å². The zero-order valence-corrected chi connectivity index (χ0v) is 52.0. The summed E-state index contributed by atoms with van der Waals surface area (Å²) in [6.07, 6.45) is -13.1. The van der Waals surface area contributed by atoms with Crippen LogP contribution in [-0.4, -0.2) is 309 Å². The van der Waals surface area contributed by atoms with Crippen LogP contribution in [0.2, 0.25) is 0 Å². The molecule has 3 heterocycles. The van der Waals surface area contributed by atoms with Crippen LogP contribution in [-0.2, 0) is 71.4 Å². The van der Waals surface area contributed by atoms with Crippen molar-refractivity contribution in [3.63, 3.8) is 0 Å². The molecule has 90 heavy (non-hydrogen) atoms. The maximum absolute atomic E-state index is 12.7. The van der Waals surface area contributed by atoms with Gasteiger partial charge in [-0.05, 0) is 64.8 Å². The van der Waals surface area contributed by atoms with Gasteiger partial charge in [-0.1, -0.05) is 6.92 Å². The summed E-state index contributed by atoms with van der Waals surface area (Å²) < 4.78 is 50.4. The van der Waals surface area contributed by atoms with Crippen molar-refractivity contribution in [1.29, 1.82) is 0 Å². The fourth-order valence-corrected chi connectivity index (χ4v) is 9.39. The third kappa shape index (κ3) is 30.8. The maximum atomic E-state index is 12.7. The monoisotopic (exact) mass is 1300 g/mol. The van der Waals surface area contributed by atoms with Gasteiger partial charge in [0.05, 0.1) is 77.2 Å². The van der Waals surface area contributed by atoms with Gasteiger partial charge in [0.2, 0.25) is 35.4 Å². The minimum absolute atomic E-state index is 0.0118. The molecule has 0 aromatic carbocycles. The summed E-state index contributed by atoms with van der Waals surface area (Å²) in [5.41, 5.74) is -0.974. The summed E-state index contributed by atoms with van der Waals surface area (Å²) >= 11 is 0. The number of carbonyl (C=O) groups is 6. The van der Waals surface area contributed by atoms with Crippen molar-refractivity contribution in [2.75, 3.05) is 126 Å². The molecule has 3 rings (SSSR count). The molecule has 0 radical (unpaired) electrons. The van der Waals surface area contributed by atoms with Crippen LogP contribution >= 0.6 is 0 Å². The average molecular weight is 1300 g/mol. The molecule has 3 aliphatic rings. The fourth-order valence-electron chi connectivity index (χ4n) is 9.39. The van der Waals surface area contributed by atoms with E-state index < -0.39 is 111 Å². The zero-order chi connectivity index (χ0) is 66.3. The van der Waals surface area contributed by atoms with E-state index >= 15 is 0 Å². The standard InChI is InChI=1S/C57H105N7O26/c1-36-37(30-65)88-54(51(79)46(36)74)85-24-6-3-12-40(68)59-18-9-21-62-43(71)15-27-82-33-57(58-2,34-83-28-16-44(72)63-22-10-19-60-41(69)13-4-7-25-86-55-52(80)49(77)47(75)38(31-66)89-55)35-84-29-17-45(73)64-23-11-20-61-42(70)14-5-8-26-87-56-53(81)50(78)48(76)39(32-67)90-56/h36-39,46-56,58,65-67,74-81H,3-35H2,1-2H3,(H,59,68)(H,60,69)(H,61,70)(H,62,71)(H,63,72)(H,64,73)/t36-,37?,38?,39?,46?,47-,48-,49+,50?,51-,52?,53-,54+,55+,56+,57?/m1/s1. The van der Waals surface area contributed by atoms with E-state index in [9.17, 15) is 84.9 Å². The first-order valence-corrected chi connectivity index (χ1v) is 31.3. The summed E-state index contributed by atoms with van der Waals surface area (Å²) in [5.74, 6) is -1.93. The zero-order valence-electron chi connectivity index (χ0n) is 52.0. The number of likely N-dealkylation sites (N-methyl/N-ethyl adjacent to an activating group) is 1. The highest BCUT2D eigenvalue weighted by Crippen LogP contribution is 2.27. The number of hydrogen-bond acceptors (Lipinski definition) is 27. The van der Waals surface area contributed by atoms with Gasteiger partial charge in [0, 0.05) is 104 Å². The first-order chi connectivity index (χ1) is 43.2. The highest BCUT2D eigenvalue weighted by Gasteiger charge is 2.46. The molecule has 7 unspecified atom stereocenters. The molecule has 16 atom stereocenters. The van der Waals surface area contributed by atoms with Crippen molar-refractivity contribution in [3.8, 4) is 0 Å². The van der Waals surface area contributed by atoms with Gasteiger partial charge >= 0.3 is 0 Å². The molecule has 0 aromatic rings. The van der Waals surface area contributed by atoms with Crippen molar-refractivity contribution in [2.24, 2.45) is 5.92 Å². The minimum Gasteiger partial charge on any atom is -0.394 e. The number of nitrogens with one attached hydrogen (secondary N) is 7. The van der Waals surface area contributed by atoms with E-state index in [2.05, 4.69) is 37.2 Å². The van der Waals surface area contributed by atoms with Gasteiger partial charge in [-0.2, -0.15) is 0 Å². The second-order valence-electron chi connectivity index (χ2n) is 22.5. The number of unbranched alkanes of at least 4 members (excludes halogenated alkanes) is 3. The van der Waals surface area contributed by atoms with Crippen molar-refractivity contribution < 1.29 is 128 Å². The Morgan fingerprint density at radius 3 is 0.922 bits per heavy atom. The molecule has 524 valence electrons. The Kier molecular flexibility index (Phi) is 41.1. The van der Waals surface area contributed by atoms with Crippen molar-refractivity contribution >= 4 is 35.4 Å². The molecule has 0 spiro atoms. The Balaban J connectivity index is 1.32. The Bertz CT molecular complexity index is 1790. The molecule has 0 aliphatic carbocycles. The minimum atomic E-state index is -1.55. The molecular weight excluding hydrogens is 1200 g/mol. The molecule has 0 saturated carbocycles. The Labute approximate surface area is 525 Å². The predicted molar refractivity (Wildman–Crippen MR) is 314 cm³/mol. The van der Waals surface area contributed by atoms with Gasteiger partial charge in [-0.15, -0.1) is 0 Å². The molecule has 6 amide bonds. The van der Waals surface area contributed by atoms with Gasteiger partial charge in [0.15, 0.2) is 18.9 Å². The van der Waals surface area contributed by atoms with E-state index in [-0.39, 0.29) is 153 Å². The van der Waals surface area contributed by atoms with Crippen LogP contribution < -0.4 is 37.2 Å². The summed E-state index contributed by atoms with van der Waals surface area (Å²) in [7, 11) is 1.67. The maximum Gasteiger partial charge on any atom is 0.222 e. The quantitative estimate of drug-likeness (QED) is 0.0252. The molecule has 3 fully saturated rings. The lowest BCUT2D eigenvalue weighted by Gasteiger charge is -2.40. The van der Waals surface area contributed by atoms with E-state index in [1.165, 1.54) is 0 Å². The van der Waals surface area contributed by atoms with E-state index in [0.29, 0.717) is 84.0 Å². The van der Waals surface area contributed by atoms with Gasteiger partial charge in [0.1, 0.15) is 54.9 Å². The average Bonchev–Trinajstić information content (AvgIpc) is 2.36. The highest BCUT2D eigenvalue weighted by atomic mass is 16.7. The number of amides is 6. The number of ether oxygens (including phenoxy) is 9. The molecular formula is C57H105N7O26. The van der Waals surface area contributed by atoms with E-state index in [4.69, 9.17) is 42.6 Å². The van der Waals surface area contributed by atoms with E-state index in [1.807, 2.05) is 0 Å². The number of aliphatic hydroxyl groups excluding tert-OH is 11. The Morgan fingerprint density at radius 1 is 0.356 bits per heavy atom. The first kappa shape index (κ1) is 80.2. The number of hydrogen-bond donors (Lipinski definition) is 18. The van der Waals surface area contributed by atoms with Crippen molar-refractivity contribution in [1.82, 2.24) is 37.2 Å². The SMILES string of the molecule is CNC(COCCC(=O)NCCCNC(=O)CCCCO[C@H]1OC(CO)[C@@H](O)[C@H](O)C1O)(COCCC(=O)NCCCNC(=O)CCCCO[C@H]1OC(CO)[C@@H](C)C(O)[C@H]1O)COCCC(=O)NCCCNC(=O)CCCCO[C@H]1OC(CO)[C@@H](O)C(O)[C@H]1O. The summed E-state index contributed by atoms with van der Waals surface area (Å²) in [6.45, 7) is 2.47. The molecule has 3 saturated heterocycles. The van der Waals surface area contributed by atoms with Crippen LogP contribution in [0, 0.1) is 5.92 Å². The lowest BCUT2D eigenvalue weighted by Crippen LogP contribution is -2.59. The van der Waals surface area contributed by atoms with Crippen LogP contribution in [0.3, 0.4) is 0 Å². The third-order valence-electron chi connectivity index (χ3n) is 15.3. The predicted octanol–water partition coefficient (Wildman–Crippen LogP) is -6.73. The second-order valence-corrected chi connectivity index (χ2v) is 22.5. The molecule has 33 nitrogen and oxygen atoms in total. The molecule has 0 aromatic heterocycles. The largest absolute Gasteiger partial charge is 0.394 e. The second kappa shape index (κ2) is 46.1. The first-order valence-electron chi connectivity index (χ1n) is 31.3. The van der Waals surface area contributed by atoms with Crippen LogP contribution in [0.1, 0.15) is 103 Å². The van der Waals surface area contributed by atoms with Gasteiger partial charge in [-0.25, -0.2) is 0 Å². The van der Waals surface area contributed by atoms with E-state index in [0.717, 1.165) is 0 Å². The molecule has 33 heteroatoms. The van der Waals surface area contributed by atoms with Gasteiger partial charge in [-0.3, -0.25) is 28.8 Å². The van der Waals surface area contributed by atoms with Crippen molar-refractivity contribution in [2.45, 2.75) is 195 Å². The molecule has 0 bridgehead atoms. The highest BCUT2D eigenvalue weighted by molar-refractivity contribution is 5.78. The lowest BCUT2D eigenvalue weighted by atomic mass is 9.91. The van der Waals surface area contributed by atoms with Gasteiger partial charge in [0.25, 0.3) is 0 Å². The van der Waals surface area contributed by atoms with Crippen LogP contribution in [0.4, 0.5) is 0 Å². The van der Waals surface area contributed by atoms with Crippen molar-refractivity contribution in [3.05, 3.63) is 0 Å². The smallest absolute Gasteiger partial charge is 0.222 e. The van der Waals surface area contributed by atoms with E-state index in [1.54, 1.807) is 14.0 Å². The Morgan fingerprint density at radius 2 is 0.633 bits per heavy atom. The lowest BCUT2D eigenvalue weighted by molar-refractivity contribution is -0.301. The normalized spacial score (nSPS) is 27.5. The molecule has 3 aliphatic heterocycles. The third-order valence-corrected chi connectivity index (χ3v) is 15.3. The van der Waals surface area contributed by atoms with Gasteiger partial charge < -0.3 is 136 Å². The Hall–Kier alpha value is -4.02. The molecule has 18 N–H and O–H groups in total. The summed E-state index contributed by atoms with van der Waals surface area (Å²) in [4.78, 5) is 75.0. The fraction of sp³-hybridized carbons (Fsp3) is 0.895. The summed E-state index contributed by atoms with van der Waals surface area (Å²) in [5, 5.41) is 128. The number of rotatable bonds is 49. The van der Waals surface area contributed by atoms with Crippen LogP contribution in [0.15, 0.2) is 0 Å². The number of carbonyl (C=O) groups excluding carboxylic acids is 6. The topological polar surface area (TPSA) is 492 Å². The summed E-state index contributed by atoms with van der Waals surface area (Å²) in [6, 6.07) is 0.